The van der Waals surface area contributed by atoms with Gasteiger partial charge in [-0.2, -0.15) is 0 Å². The fraction of sp³-hybridized carbons (Fsp3) is 0.933. The molecule has 3 fully saturated rings. The van der Waals surface area contributed by atoms with Crippen molar-refractivity contribution in [3.8, 4) is 0 Å². The fourth-order valence-corrected chi connectivity index (χ4v) is 3.62. The molecule has 0 radical (unpaired) electrons. The molecule has 0 aliphatic carbocycles. The highest BCUT2D eigenvalue weighted by atomic mass is 19.3. The number of carbonyl (C=O) groups excluding carboxylic acids is 1. The number of likely N-dealkylation sites (N-methyl/N-ethyl adjacent to an activating group) is 1. The average Bonchev–Trinajstić information content (AvgIpc) is 3.06. The molecule has 6 nitrogen and oxygen atoms in total. The number of ether oxygens (including phenoxy) is 2. The van der Waals surface area contributed by atoms with E-state index in [1.54, 1.807) is 0 Å². The van der Waals surface area contributed by atoms with Crippen molar-refractivity contribution in [2.45, 2.75) is 55.7 Å². The van der Waals surface area contributed by atoms with Crippen LogP contribution in [0.25, 0.3) is 0 Å². The lowest BCUT2D eigenvalue weighted by atomic mass is 10.1. The largest absolute Gasteiger partial charge is 0.388 e. The van der Waals surface area contributed by atoms with E-state index in [-0.39, 0.29) is 43.6 Å². The van der Waals surface area contributed by atoms with Crippen LogP contribution in [0.4, 0.5) is 8.78 Å². The molecule has 3 saturated heterocycles. The summed E-state index contributed by atoms with van der Waals surface area (Å²) in [7, 11) is 3.80. The maximum absolute atomic E-state index is 13.2. The Labute approximate surface area is 134 Å². The van der Waals surface area contributed by atoms with Crippen molar-refractivity contribution in [2.24, 2.45) is 0 Å². The van der Waals surface area contributed by atoms with E-state index >= 15 is 0 Å². The van der Waals surface area contributed by atoms with Crippen LogP contribution in [0.5, 0.6) is 0 Å². The van der Waals surface area contributed by atoms with Crippen LogP contribution in [0.15, 0.2) is 0 Å². The third kappa shape index (κ3) is 3.65. The van der Waals surface area contributed by atoms with Crippen LogP contribution in [0.1, 0.15) is 19.3 Å². The van der Waals surface area contributed by atoms with Gasteiger partial charge < -0.3 is 24.4 Å². The minimum Gasteiger partial charge on any atom is -0.388 e. The van der Waals surface area contributed by atoms with Crippen molar-refractivity contribution < 1.29 is 28.2 Å². The van der Waals surface area contributed by atoms with Crippen molar-refractivity contribution in [1.29, 1.82) is 0 Å². The minimum atomic E-state index is -2.78. The second-order valence-electron chi connectivity index (χ2n) is 7.05. The molecule has 8 heteroatoms. The van der Waals surface area contributed by atoms with Gasteiger partial charge in [-0.1, -0.05) is 0 Å². The molecule has 132 valence electrons. The van der Waals surface area contributed by atoms with Gasteiger partial charge in [-0.15, -0.1) is 0 Å². The number of likely N-dealkylation sites (tertiary alicyclic amines) is 1. The first-order chi connectivity index (χ1) is 10.7. The Kier molecular flexibility index (Phi) is 4.61. The minimum absolute atomic E-state index is 0.0670. The van der Waals surface area contributed by atoms with E-state index in [1.807, 2.05) is 19.0 Å². The second-order valence-corrected chi connectivity index (χ2v) is 7.05. The summed E-state index contributed by atoms with van der Waals surface area (Å²) in [5.41, 5.74) is 0. The van der Waals surface area contributed by atoms with Gasteiger partial charge in [-0.05, 0) is 14.1 Å². The molecule has 3 heterocycles. The van der Waals surface area contributed by atoms with Crippen LogP contribution in [-0.2, 0) is 14.3 Å². The summed E-state index contributed by atoms with van der Waals surface area (Å²) in [5, 5.41) is 10.3. The van der Waals surface area contributed by atoms with E-state index in [1.165, 1.54) is 4.90 Å². The van der Waals surface area contributed by atoms with Crippen LogP contribution in [0.3, 0.4) is 0 Å². The topological polar surface area (TPSA) is 62.2 Å². The zero-order chi connectivity index (χ0) is 16.8. The number of fused-ring (bicyclic) bond motifs is 1. The first-order valence-corrected chi connectivity index (χ1v) is 8.04. The van der Waals surface area contributed by atoms with Crippen molar-refractivity contribution >= 4 is 5.91 Å². The van der Waals surface area contributed by atoms with Crippen molar-refractivity contribution in [2.75, 3.05) is 33.7 Å². The summed E-state index contributed by atoms with van der Waals surface area (Å²) in [6.45, 7) is 0.189. The van der Waals surface area contributed by atoms with E-state index in [4.69, 9.17) is 9.47 Å². The zero-order valence-corrected chi connectivity index (χ0v) is 13.5. The van der Waals surface area contributed by atoms with Gasteiger partial charge in [-0.25, -0.2) is 8.78 Å². The third-order valence-electron chi connectivity index (χ3n) is 4.75. The van der Waals surface area contributed by atoms with Crippen LogP contribution in [0.2, 0.25) is 0 Å². The lowest BCUT2D eigenvalue weighted by Gasteiger charge is -2.23. The summed E-state index contributed by atoms with van der Waals surface area (Å²) in [5.74, 6) is -3.09. The number of carbonyl (C=O) groups is 1. The van der Waals surface area contributed by atoms with Gasteiger partial charge in [0, 0.05) is 25.9 Å². The van der Waals surface area contributed by atoms with Crippen LogP contribution in [-0.4, -0.2) is 91.0 Å². The Bertz CT molecular complexity index is 463. The monoisotopic (exact) mass is 334 g/mol. The van der Waals surface area contributed by atoms with Gasteiger partial charge >= 0.3 is 0 Å². The number of hydrogen-bond donors (Lipinski definition) is 1. The summed E-state index contributed by atoms with van der Waals surface area (Å²) < 4.78 is 37.9. The number of aliphatic hydroxyl groups excluding tert-OH is 1. The average molecular weight is 334 g/mol. The Morgan fingerprint density at radius 3 is 2.70 bits per heavy atom. The van der Waals surface area contributed by atoms with E-state index < -0.39 is 24.7 Å². The number of hydrogen-bond acceptors (Lipinski definition) is 5. The Balaban J connectivity index is 1.49. The molecule has 0 aromatic carbocycles. The number of nitrogens with zero attached hydrogens (tertiary/aromatic N) is 2. The molecular weight excluding hydrogens is 310 g/mol. The second kappa shape index (κ2) is 6.23. The zero-order valence-electron chi connectivity index (χ0n) is 13.5. The molecule has 23 heavy (non-hydrogen) atoms. The number of halogens is 2. The molecular formula is C15H24F2N2O4. The van der Waals surface area contributed by atoms with Crippen molar-refractivity contribution in [3.05, 3.63) is 0 Å². The number of alkyl halides is 2. The normalized spacial score (nSPS) is 39.2. The summed E-state index contributed by atoms with van der Waals surface area (Å²) >= 11 is 0. The summed E-state index contributed by atoms with van der Waals surface area (Å²) in [6, 6.07) is 0. The molecule has 0 saturated carbocycles. The Morgan fingerprint density at radius 1 is 1.39 bits per heavy atom. The standard InChI is InChI=1S/C15H24F2N2O4/c1-18(2)7-11-13(21)14-10(23-11)5-9(22-14)6-12(20)19-4-3-15(16,17)8-19/h9-11,13-14,21H,3-8H2,1-2H3/t9-,10+,11+,13+,14-/m0/s1. The van der Waals surface area contributed by atoms with E-state index in [0.717, 1.165) is 0 Å². The van der Waals surface area contributed by atoms with Crippen molar-refractivity contribution in [1.82, 2.24) is 9.80 Å². The van der Waals surface area contributed by atoms with E-state index in [9.17, 15) is 18.7 Å². The van der Waals surface area contributed by atoms with Crippen LogP contribution in [0, 0.1) is 0 Å². The molecule has 0 unspecified atom stereocenters. The molecule has 1 amide bonds. The first kappa shape index (κ1) is 17.0. The molecule has 0 aromatic heterocycles. The fourth-order valence-electron chi connectivity index (χ4n) is 3.62. The van der Waals surface area contributed by atoms with Gasteiger partial charge in [0.15, 0.2) is 0 Å². The van der Waals surface area contributed by atoms with Crippen LogP contribution < -0.4 is 0 Å². The van der Waals surface area contributed by atoms with Gasteiger partial charge in [-0.3, -0.25) is 4.79 Å². The molecule has 5 atom stereocenters. The predicted octanol–water partition coefficient (Wildman–Crippen LogP) is 0.0915. The summed E-state index contributed by atoms with van der Waals surface area (Å²) in [4.78, 5) is 15.2. The van der Waals surface area contributed by atoms with E-state index in [2.05, 4.69) is 0 Å². The molecule has 0 spiro atoms. The summed E-state index contributed by atoms with van der Waals surface area (Å²) in [6.07, 6.45) is -1.75. The SMILES string of the molecule is CN(C)C[C@H]1O[C@@H]2C[C@@H](CC(=O)N3CCC(F)(F)C3)O[C@@H]2[C@@H]1O. The molecule has 3 aliphatic heterocycles. The predicted molar refractivity (Wildman–Crippen MR) is 77.3 cm³/mol. The van der Waals surface area contributed by atoms with Crippen molar-refractivity contribution in [3.63, 3.8) is 0 Å². The van der Waals surface area contributed by atoms with Gasteiger partial charge in [0.2, 0.25) is 5.91 Å². The molecule has 1 N–H and O–H groups in total. The first-order valence-electron chi connectivity index (χ1n) is 8.04. The van der Waals surface area contributed by atoms with Gasteiger partial charge in [0.1, 0.15) is 12.2 Å². The molecule has 3 rings (SSSR count). The lowest BCUT2D eigenvalue weighted by molar-refractivity contribution is -0.135. The highest BCUT2D eigenvalue weighted by Gasteiger charge is 2.51. The van der Waals surface area contributed by atoms with E-state index in [0.29, 0.717) is 13.0 Å². The number of aliphatic hydroxyl groups is 1. The van der Waals surface area contributed by atoms with Gasteiger partial charge in [0.25, 0.3) is 5.92 Å². The molecule has 3 aliphatic rings. The highest BCUT2D eigenvalue weighted by molar-refractivity contribution is 5.77. The van der Waals surface area contributed by atoms with Gasteiger partial charge in [0.05, 0.1) is 31.3 Å². The third-order valence-corrected chi connectivity index (χ3v) is 4.75. The quantitative estimate of drug-likeness (QED) is 0.790. The molecule has 0 aromatic rings. The van der Waals surface area contributed by atoms with Crippen LogP contribution >= 0.6 is 0 Å². The number of rotatable bonds is 4. The Hall–Kier alpha value is -0.830. The Morgan fingerprint density at radius 2 is 2.13 bits per heavy atom. The highest BCUT2D eigenvalue weighted by Crippen LogP contribution is 2.36. The number of amides is 1. The maximum atomic E-state index is 13.2. The maximum Gasteiger partial charge on any atom is 0.267 e. The lowest BCUT2D eigenvalue weighted by Crippen LogP contribution is -2.39. The molecule has 0 bridgehead atoms. The smallest absolute Gasteiger partial charge is 0.267 e.